The van der Waals surface area contributed by atoms with E-state index in [0.717, 1.165) is 6.42 Å². The van der Waals surface area contributed by atoms with Crippen LogP contribution >= 0.6 is 0 Å². The maximum absolute atomic E-state index is 13.3. The molecule has 1 aromatic heterocycles. The molecule has 1 unspecified atom stereocenters. The van der Waals surface area contributed by atoms with Crippen molar-refractivity contribution in [3.63, 3.8) is 0 Å². The van der Waals surface area contributed by atoms with Crippen LogP contribution in [0.5, 0.6) is 0 Å². The van der Waals surface area contributed by atoms with Crippen LogP contribution in [-0.2, 0) is 4.79 Å². The molecule has 1 saturated heterocycles. The number of rotatable bonds is 3. The molecule has 6 heteroatoms. The molecule has 1 aliphatic rings. The van der Waals surface area contributed by atoms with Crippen LogP contribution in [0.3, 0.4) is 0 Å². The Morgan fingerprint density at radius 1 is 1.45 bits per heavy atom. The largest absolute Gasteiger partial charge is 0.367 e. The lowest BCUT2D eigenvalue weighted by atomic mass is 10.0. The van der Waals surface area contributed by atoms with Gasteiger partial charge in [-0.3, -0.25) is 4.79 Å². The minimum absolute atomic E-state index is 0.0629. The summed E-state index contributed by atoms with van der Waals surface area (Å²) in [4.78, 5) is 19.6. The second-order valence-corrected chi connectivity index (χ2v) is 5.35. The molecule has 1 amide bonds. The van der Waals surface area contributed by atoms with E-state index in [1.54, 1.807) is 6.07 Å². The molecule has 5 nitrogen and oxygen atoms in total. The summed E-state index contributed by atoms with van der Waals surface area (Å²) in [6.45, 7) is 2.52. The van der Waals surface area contributed by atoms with Gasteiger partial charge in [0.15, 0.2) is 0 Å². The number of aromatic nitrogens is 2. The fourth-order valence-corrected chi connectivity index (χ4v) is 2.43. The van der Waals surface area contributed by atoms with Gasteiger partial charge in [-0.2, -0.15) is 0 Å². The highest BCUT2D eigenvalue weighted by molar-refractivity contribution is 5.88. The molecule has 0 aliphatic carbocycles. The summed E-state index contributed by atoms with van der Waals surface area (Å²) in [5.74, 6) is 0.320. The molecule has 1 fully saturated rings. The molecule has 0 spiro atoms. The Morgan fingerprint density at radius 2 is 2.30 bits per heavy atom. The molecule has 104 valence electrons. The van der Waals surface area contributed by atoms with Crippen LogP contribution in [0.4, 0.5) is 10.2 Å². The van der Waals surface area contributed by atoms with Gasteiger partial charge in [0, 0.05) is 18.4 Å². The summed E-state index contributed by atoms with van der Waals surface area (Å²) >= 11 is 0. The van der Waals surface area contributed by atoms with Crippen LogP contribution in [0.1, 0.15) is 19.8 Å². The minimum atomic E-state index is -0.323. The lowest BCUT2D eigenvalue weighted by Crippen LogP contribution is -2.44. The number of benzene rings is 1. The minimum Gasteiger partial charge on any atom is -0.367 e. The topological polar surface area (TPSA) is 66.9 Å². The first-order valence-electron chi connectivity index (χ1n) is 6.51. The normalized spacial score (nSPS) is 22.0. The summed E-state index contributed by atoms with van der Waals surface area (Å²) < 4.78 is 13.3. The average molecular weight is 274 g/mol. The smallest absolute Gasteiger partial charge is 0.220 e. The summed E-state index contributed by atoms with van der Waals surface area (Å²) in [6.07, 6.45) is 2.76. The van der Waals surface area contributed by atoms with E-state index in [2.05, 4.69) is 20.6 Å². The second kappa shape index (κ2) is 4.70. The van der Waals surface area contributed by atoms with E-state index in [1.165, 1.54) is 18.5 Å². The van der Waals surface area contributed by atoms with Crippen molar-refractivity contribution < 1.29 is 9.18 Å². The quantitative estimate of drug-likeness (QED) is 0.896. The number of hydrogen-bond donors (Lipinski definition) is 2. The molecule has 0 radical (unpaired) electrons. The Hall–Kier alpha value is -2.24. The van der Waals surface area contributed by atoms with Gasteiger partial charge in [-0.25, -0.2) is 14.4 Å². The highest BCUT2D eigenvalue weighted by Gasteiger charge is 2.32. The first-order valence-corrected chi connectivity index (χ1v) is 6.51. The van der Waals surface area contributed by atoms with E-state index in [0.29, 0.717) is 29.7 Å². The van der Waals surface area contributed by atoms with Gasteiger partial charge in [0.05, 0.1) is 11.1 Å². The Balaban J connectivity index is 1.84. The molecule has 0 saturated carbocycles. The van der Waals surface area contributed by atoms with E-state index >= 15 is 0 Å². The fraction of sp³-hybridized carbons (Fsp3) is 0.357. The molecule has 0 bridgehead atoms. The molecule has 1 atom stereocenters. The third-order valence-corrected chi connectivity index (χ3v) is 3.59. The van der Waals surface area contributed by atoms with Crippen molar-refractivity contribution in [3.8, 4) is 0 Å². The van der Waals surface area contributed by atoms with Gasteiger partial charge in [0.2, 0.25) is 5.91 Å². The van der Waals surface area contributed by atoms with Crippen LogP contribution in [0.2, 0.25) is 0 Å². The molecule has 1 aliphatic heterocycles. The van der Waals surface area contributed by atoms with Crippen LogP contribution in [-0.4, -0.2) is 28.0 Å². The van der Waals surface area contributed by atoms with Crippen LogP contribution in [0, 0.1) is 5.82 Å². The molecule has 20 heavy (non-hydrogen) atoms. The van der Waals surface area contributed by atoms with Gasteiger partial charge in [-0.15, -0.1) is 0 Å². The van der Waals surface area contributed by atoms with E-state index in [-0.39, 0.29) is 17.3 Å². The summed E-state index contributed by atoms with van der Waals surface area (Å²) in [7, 11) is 0. The van der Waals surface area contributed by atoms with Crippen LogP contribution in [0.25, 0.3) is 10.9 Å². The van der Waals surface area contributed by atoms with E-state index < -0.39 is 0 Å². The molecule has 1 aromatic carbocycles. The Labute approximate surface area is 115 Å². The zero-order chi connectivity index (χ0) is 14.2. The van der Waals surface area contributed by atoms with E-state index in [4.69, 9.17) is 0 Å². The number of halogens is 1. The highest BCUT2D eigenvalue weighted by Crippen LogP contribution is 2.23. The van der Waals surface area contributed by atoms with Crippen molar-refractivity contribution in [2.24, 2.45) is 0 Å². The summed E-state index contributed by atoms with van der Waals surface area (Å²) in [5.41, 5.74) is 0.395. The molecule has 3 rings (SSSR count). The maximum Gasteiger partial charge on any atom is 0.220 e. The predicted molar refractivity (Wildman–Crippen MR) is 73.8 cm³/mol. The molecular weight excluding hydrogens is 259 g/mol. The number of nitrogens with zero attached hydrogens (tertiary/aromatic N) is 2. The predicted octanol–water partition coefficient (Wildman–Crippen LogP) is 1.85. The first kappa shape index (κ1) is 12.8. The highest BCUT2D eigenvalue weighted by atomic mass is 19.1. The van der Waals surface area contributed by atoms with Gasteiger partial charge in [-0.1, -0.05) is 0 Å². The number of carbonyl (C=O) groups is 1. The Bertz CT molecular complexity index is 675. The van der Waals surface area contributed by atoms with E-state index in [1.807, 2.05) is 6.92 Å². The number of anilines is 1. The standard InChI is InChI=1S/C14H15FN4O/c1-14(5-4-12(20)19-14)7-16-13-10-6-9(15)2-3-11(10)17-8-18-13/h2-3,6,8H,4-5,7H2,1H3,(H,19,20)(H,16,17,18). The fourth-order valence-electron chi connectivity index (χ4n) is 2.43. The lowest BCUT2D eigenvalue weighted by molar-refractivity contribution is -0.119. The summed E-state index contributed by atoms with van der Waals surface area (Å²) in [5, 5.41) is 6.77. The average Bonchev–Trinajstić information content (AvgIpc) is 2.77. The zero-order valence-electron chi connectivity index (χ0n) is 11.1. The van der Waals surface area contributed by atoms with Gasteiger partial charge in [0.25, 0.3) is 0 Å². The number of nitrogens with one attached hydrogen (secondary N) is 2. The number of amides is 1. The second-order valence-electron chi connectivity index (χ2n) is 5.35. The van der Waals surface area contributed by atoms with Gasteiger partial charge in [0.1, 0.15) is 18.0 Å². The van der Waals surface area contributed by atoms with Crippen LogP contribution < -0.4 is 10.6 Å². The maximum atomic E-state index is 13.3. The van der Waals surface area contributed by atoms with Crippen molar-refractivity contribution in [2.45, 2.75) is 25.3 Å². The SMILES string of the molecule is CC1(CNc2ncnc3ccc(F)cc23)CCC(=O)N1. The summed E-state index contributed by atoms with van der Waals surface area (Å²) in [6, 6.07) is 4.40. The Kier molecular flexibility index (Phi) is 3.00. The number of carbonyl (C=O) groups excluding carboxylic acids is 1. The number of hydrogen-bond acceptors (Lipinski definition) is 4. The molecule has 2 aromatic rings. The first-order chi connectivity index (χ1) is 9.56. The Morgan fingerprint density at radius 3 is 3.05 bits per heavy atom. The lowest BCUT2D eigenvalue weighted by Gasteiger charge is -2.24. The van der Waals surface area contributed by atoms with Crippen molar-refractivity contribution >= 4 is 22.6 Å². The van der Waals surface area contributed by atoms with Crippen molar-refractivity contribution in [2.75, 3.05) is 11.9 Å². The van der Waals surface area contributed by atoms with Crippen LogP contribution in [0.15, 0.2) is 24.5 Å². The van der Waals surface area contributed by atoms with Gasteiger partial charge >= 0.3 is 0 Å². The van der Waals surface area contributed by atoms with Crippen molar-refractivity contribution in [1.29, 1.82) is 0 Å². The number of fused-ring (bicyclic) bond motifs is 1. The zero-order valence-corrected chi connectivity index (χ0v) is 11.1. The molecular formula is C14H15FN4O. The van der Waals surface area contributed by atoms with Crippen molar-refractivity contribution in [1.82, 2.24) is 15.3 Å². The molecule has 2 N–H and O–H groups in total. The molecule has 2 heterocycles. The monoisotopic (exact) mass is 274 g/mol. The van der Waals surface area contributed by atoms with Gasteiger partial charge in [-0.05, 0) is 31.5 Å². The van der Waals surface area contributed by atoms with Gasteiger partial charge < -0.3 is 10.6 Å². The van der Waals surface area contributed by atoms with E-state index in [9.17, 15) is 9.18 Å². The third-order valence-electron chi connectivity index (χ3n) is 3.59. The van der Waals surface area contributed by atoms with Crippen molar-refractivity contribution in [3.05, 3.63) is 30.3 Å². The third kappa shape index (κ3) is 2.41.